The van der Waals surface area contributed by atoms with Gasteiger partial charge in [-0.1, -0.05) is 30.3 Å². The monoisotopic (exact) mass is 398 g/mol. The SMILES string of the molecule is N#Cc1cc(Nc2ncc3c(n2)CCCCC3=O)cc(OCCc2ccccc2)c1. The van der Waals surface area contributed by atoms with Gasteiger partial charge in [-0.25, -0.2) is 9.97 Å². The lowest BCUT2D eigenvalue weighted by atomic mass is 10.1. The van der Waals surface area contributed by atoms with Crippen LogP contribution in [0.25, 0.3) is 0 Å². The lowest BCUT2D eigenvalue weighted by molar-refractivity contribution is 0.0981. The molecule has 0 fully saturated rings. The van der Waals surface area contributed by atoms with Gasteiger partial charge in [0.25, 0.3) is 0 Å². The second-order valence-corrected chi connectivity index (χ2v) is 7.25. The van der Waals surface area contributed by atoms with Crippen LogP contribution in [-0.2, 0) is 12.8 Å². The van der Waals surface area contributed by atoms with Gasteiger partial charge in [0, 0.05) is 30.8 Å². The van der Waals surface area contributed by atoms with E-state index in [-0.39, 0.29) is 5.78 Å². The highest BCUT2D eigenvalue weighted by molar-refractivity contribution is 5.97. The van der Waals surface area contributed by atoms with Crippen LogP contribution in [-0.4, -0.2) is 22.4 Å². The van der Waals surface area contributed by atoms with Crippen LogP contribution in [0.3, 0.4) is 0 Å². The molecule has 2 aromatic carbocycles. The second-order valence-electron chi connectivity index (χ2n) is 7.25. The Hall–Kier alpha value is -3.72. The summed E-state index contributed by atoms with van der Waals surface area (Å²) < 4.78 is 5.88. The van der Waals surface area contributed by atoms with Gasteiger partial charge >= 0.3 is 0 Å². The summed E-state index contributed by atoms with van der Waals surface area (Å²) in [6, 6.07) is 17.5. The molecule has 1 aliphatic carbocycles. The number of carbonyl (C=O) groups is 1. The van der Waals surface area contributed by atoms with Crippen LogP contribution < -0.4 is 10.1 Å². The van der Waals surface area contributed by atoms with Gasteiger partial charge in [-0.05, 0) is 37.0 Å². The molecule has 0 unspecified atom stereocenters. The Morgan fingerprint density at radius 3 is 2.77 bits per heavy atom. The number of hydrogen-bond donors (Lipinski definition) is 1. The average Bonchev–Trinajstić information content (AvgIpc) is 2.95. The van der Waals surface area contributed by atoms with Crippen molar-refractivity contribution in [2.24, 2.45) is 0 Å². The number of Topliss-reactive ketones (excluding diaryl/α,β-unsaturated/α-hetero) is 1. The van der Waals surface area contributed by atoms with Gasteiger partial charge in [-0.2, -0.15) is 5.26 Å². The summed E-state index contributed by atoms with van der Waals surface area (Å²) in [5, 5.41) is 12.5. The normalized spacial score (nSPS) is 13.1. The van der Waals surface area contributed by atoms with Crippen LogP contribution in [0.1, 0.15) is 46.4 Å². The fraction of sp³-hybridized carbons (Fsp3) is 0.250. The molecule has 0 saturated heterocycles. The fourth-order valence-electron chi connectivity index (χ4n) is 3.49. The molecule has 6 heteroatoms. The van der Waals surface area contributed by atoms with Crippen LogP contribution >= 0.6 is 0 Å². The zero-order valence-corrected chi connectivity index (χ0v) is 16.6. The quantitative estimate of drug-likeness (QED) is 0.610. The molecule has 1 aromatic heterocycles. The summed E-state index contributed by atoms with van der Waals surface area (Å²) in [6.45, 7) is 0.510. The number of ether oxygens (including phenoxy) is 1. The average molecular weight is 398 g/mol. The van der Waals surface area contributed by atoms with Crippen LogP contribution in [0.2, 0.25) is 0 Å². The third-order valence-corrected chi connectivity index (χ3v) is 5.03. The van der Waals surface area contributed by atoms with E-state index in [0.717, 1.165) is 31.4 Å². The molecule has 1 aliphatic rings. The van der Waals surface area contributed by atoms with Crippen LogP contribution in [0.5, 0.6) is 5.75 Å². The summed E-state index contributed by atoms with van der Waals surface area (Å²) in [6.07, 6.45) is 5.53. The predicted octanol–water partition coefficient (Wildman–Crippen LogP) is 4.62. The van der Waals surface area contributed by atoms with E-state index in [4.69, 9.17) is 4.74 Å². The van der Waals surface area contributed by atoms with Crippen molar-refractivity contribution in [3.05, 3.63) is 77.1 Å². The molecule has 0 saturated carbocycles. The zero-order valence-electron chi connectivity index (χ0n) is 16.6. The molecule has 3 aromatic rings. The standard InChI is InChI=1S/C24H22N4O2/c25-15-18-12-19(14-20(13-18)30-11-10-17-6-2-1-3-7-17)27-24-26-16-21-22(28-24)8-4-5-9-23(21)29/h1-3,6-7,12-14,16H,4-5,8-11H2,(H,26,27,28). The second kappa shape index (κ2) is 9.19. The van der Waals surface area contributed by atoms with Gasteiger partial charge < -0.3 is 10.1 Å². The summed E-state index contributed by atoms with van der Waals surface area (Å²) in [5.41, 5.74) is 3.75. The largest absolute Gasteiger partial charge is 0.493 e. The minimum Gasteiger partial charge on any atom is -0.493 e. The first-order valence-corrected chi connectivity index (χ1v) is 10.1. The van der Waals surface area contributed by atoms with Crippen LogP contribution in [0, 0.1) is 11.3 Å². The van der Waals surface area contributed by atoms with Gasteiger partial charge in [0.15, 0.2) is 5.78 Å². The van der Waals surface area contributed by atoms with Gasteiger partial charge in [0.2, 0.25) is 5.95 Å². The van der Waals surface area contributed by atoms with Crippen molar-refractivity contribution in [2.75, 3.05) is 11.9 Å². The van der Waals surface area contributed by atoms with Crippen LogP contribution in [0.15, 0.2) is 54.7 Å². The summed E-state index contributed by atoms with van der Waals surface area (Å²) in [4.78, 5) is 21.0. The summed E-state index contributed by atoms with van der Waals surface area (Å²) in [5.74, 6) is 1.13. The van der Waals surface area contributed by atoms with Crippen molar-refractivity contribution in [3.8, 4) is 11.8 Å². The number of rotatable bonds is 6. The third-order valence-electron chi connectivity index (χ3n) is 5.03. The smallest absolute Gasteiger partial charge is 0.227 e. The summed E-state index contributed by atoms with van der Waals surface area (Å²) in [7, 11) is 0. The first-order valence-electron chi connectivity index (χ1n) is 10.1. The van der Waals surface area contributed by atoms with Crippen LogP contribution in [0.4, 0.5) is 11.6 Å². The van der Waals surface area contributed by atoms with Crippen molar-refractivity contribution in [3.63, 3.8) is 0 Å². The molecule has 6 nitrogen and oxygen atoms in total. The number of ketones is 1. The number of anilines is 2. The van der Waals surface area contributed by atoms with E-state index in [9.17, 15) is 10.1 Å². The Balaban J connectivity index is 1.49. The number of nitriles is 1. The minimum atomic E-state index is 0.106. The molecule has 0 aliphatic heterocycles. The Kier molecular flexibility index (Phi) is 6.00. The molecule has 0 amide bonds. The van der Waals surface area contributed by atoms with E-state index in [0.29, 0.717) is 41.5 Å². The van der Waals surface area contributed by atoms with Crippen molar-refractivity contribution >= 4 is 17.4 Å². The van der Waals surface area contributed by atoms with Gasteiger partial charge in [-0.3, -0.25) is 4.79 Å². The lowest BCUT2D eigenvalue weighted by Gasteiger charge is -2.11. The topological polar surface area (TPSA) is 87.9 Å². The first-order chi connectivity index (χ1) is 14.7. The van der Waals surface area contributed by atoms with E-state index in [1.165, 1.54) is 5.56 Å². The summed E-state index contributed by atoms with van der Waals surface area (Å²) >= 11 is 0. The molecule has 4 rings (SSSR count). The number of hydrogen-bond acceptors (Lipinski definition) is 6. The van der Waals surface area contributed by atoms with Crippen molar-refractivity contribution < 1.29 is 9.53 Å². The number of carbonyl (C=O) groups excluding carboxylic acids is 1. The highest BCUT2D eigenvalue weighted by Crippen LogP contribution is 2.25. The number of nitrogens with zero attached hydrogens (tertiary/aromatic N) is 3. The van der Waals surface area contributed by atoms with Crippen molar-refractivity contribution in [1.29, 1.82) is 5.26 Å². The number of fused-ring (bicyclic) bond motifs is 1. The molecule has 0 spiro atoms. The molecule has 1 N–H and O–H groups in total. The number of aryl methyl sites for hydroxylation is 1. The number of benzene rings is 2. The lowest BCUT2D eigenvalue weighted by Crippen LogP contribution is -2.07. The number of nitrogens with one attached hydrogen (secondary N) is 1. The Bertz CT molecular complexity index is 1090. The zero-order chi connectivity index (χ0) is 20.8. The number of aromatic nitrogens is 2. The molecule has 30 heavy (non-hydrogen) atoms. The Labute approximate surface area is 175 Å². The van der Waals surface area contributed by atoms with E-state index in [1.54, 1.807) is 18.3 Å². The fourth-order valence-corrected chi connectivity index (χ4v) is 3.49. The van der Waals surface area contributed by atoms with Crippen molar-refractivity contribution in [2.45, 2.75) is 32.1 Å². The maximum absolute atomic E-state index is 12.2. The maximum atomic E-state index is 12.2. The van der Waals surface area contributed by atoms with Crippen molar-refractivity contribution in [1.82, 2.24) is 9.97 Å². The van der Waals surface area contributed by atoms with E-state index in [2.05, 4.69) is 33.5 Å². The highest BCUT2D eigenvalue weighted by Gasteiger charge is 2.18. The molecule has 150 valence electrons. The van der Waals surface area contributed by atoms with E-state index in [1.807, 2.05) is 24.3 Å². The molecular weight excluding hydrogens is 376 g/mol. The molecule has 0 radical (unpaired) electrons. The molecule has 0 bridgehead atoms. The molecule has 1 heterocycles. The third kappa shape index (κ3) is 4.81. The van der Waals surface area contributed by atoms with Gasteiger partial charge in [0.1, 0.15) is 5.75 Å². The Morgan fingerprint density at radius 2 is 1.93 bits per heavy atom. The van der Waals surface area contributed by atoms with Gasteiger partial charge in [0.05, 0.1) is 29.5 Å². The van der Waals surface area contributed by atoms with E-state index < -0.39 is 0 Å². The predicted molar refractivity (Wildman–Crippen MR) is 114 cm³/mol. The molecule has 0 atom stereocenters. The first kappa shape index (κ1) is 19.6. The van der Waals surface area contributed by atoms with Gasteiger partial charge in [-0.15, -0.1) is 0 Å². The highest BCUT2D eigenvalue weighted by atomic mass is 16.5. The Morgan fingerprint density at radius 1 is 1.10 bits per heavy atom. The molecular formula is C24H22N4O2. The maximum Gasteiger partial charge on any atom is 0.227 e. The van der Waals surface area contributed by atoms with E-state index >= 15 is 0 Å². The minimum absolute atomic E-state index is 0.106.